The third-order valence-electron chi connectivity index (χ3n) is 5.56. The summed E-state index contributed by atoms with van der Waals surface area (Å²) in [5.74, 6) is -5.97. The minimum atomic E-state index is -4.93. The van der Waals surface area contributed by atoms with Crippen molar-refractivity contribution in [2.24, 2.45) is 11.8 Å². The molecule has 4 atom stereocenters. The van der Waals surface area contributed by atoms with E-state index < -0.39 is 59.9 Å². The van der Waals surface area contributed by atoms with Crippen molar-refractivity contribution in [3.05, 3.63) is 29.8 Å². The number of aliphatic carboxylic acids is 1. The van der Waals surface area contributed by atoms with Crippen LogP contribution in [0.2, 0.25) is 0 Å². The van der Waals surface area contributed by atoms with Crippen LogP contribution in [0.3, 0.4) is 0 Å². The molecule has 0 aliphatic carbocycles. The van der Waals surface area contributed by atoms with Gasteiger partial charge in [0.1, 0.15) is 5.75 Å². The SMILES string of the molecule is CCCCN1C(=O)C2C(c3cccc(OC(F)(F)F)c3)NC(CO)(C(=O)O)C2C1=O. The highest BCUT2D eigenvalue weighted by Gasteiger charge is 2.68. The summed E-state index contributed by atoms with van der Waals surface area (Å²) in [6, 6.07) is 3.67. The van der Waals surface area contributed by atoms with Gasteiger partial charge in [0.05, 0.1) is 18.4 Å². The molecule has 0 saturated carbocycles. The van der Waals surface area contributed by atoms with Crippen LogP contribution >= 0.6 is 0 Å². The van der Waals surface area contributed by atoms with Crippen molar-refractivity contribution in [3.8, 4) is 5.75 Å². The van der Waals surface area contributed by atoms with Crippen molar-refractivity contribution in [3.63, 3.8) is 0 Å². The number of benzene rings is 1. The van der Waals surface area contributed by atoms with Gasteiger partial charge in [-0.1, -0.05) is 25.5 Å². The zero-order valence-corrected chi connectivity index (χ0v) is 16.0. The Morgan fingerprint density at radius 3 is 2.57 bits per heavy atom. The number of nitrogens with zero attached hydrogens (tertiary/aromatic N) is 1. The minimum Gasteiger partial charge on any atom is -0.480 e. The summed E-state index contributed by atoms with van der Waals surface area (Å²) in [5.41, 5.74) is -1.99. The number of halogens is 3. The molecular weight excluding hydrogens is 409 g/mol. The highest BCUT2D eigenvalue weighted by Crippen LogP contribution is 2.49. The number of hydrogen-bond donors (Lipinski definition) is 3. The van der Waals surface area contributed by atoms with Crippen LogP contribution in [0.5, 0.6) is 5.75 Å². The van der Waals surface area contributed by atoms with Gasteiger partial charge in [-0.15, -0.1) is 13.2 Å². The van der Waals surface area contributed by atoms with E-state index in [9.17, 15) is 37.8 Å². The molecule has 4 unspecified atom stereocenters. The van der Waals surface area contributed by atoms with Gasteiger partial charge in [0.15, 0.2) is 5.54 Å². The normalized spacial score (nSPS) is 28.7. The molecule has 1 aromatic rings. The van der Waals surface area contributed by atoms with Gasteiger partial charge in [-0.3, -0.25) is 24.6 Å². The van der Waals surface area contributed by atoms with Crippen molar-refractivity contribution in [1.82, 2.24) is 10.2 Å². The Morgan fingerprint density at radius 2 is 2.00 bits per heavy atom. The molecule has 164 valence electrons. The lowest BCUT2D eigenvalue weighted by Crippen LogP contribution is -2.58. The number of amides is 2. The molecule has 2 amide bonds. The fourth-order valence-electron chi connectivity index (χ4n) is 4.20. The molecule has 11 heteroatoms. The van der Waals surface area contributed by atoms with E-state index in [2.05, 4.69) is 10.1 Å². The molecule has 30 heavy (non-hydrogen) atoms. The third-order valence-corrected chi connectivity index (χ3v) is 5.56. The van der Waals surface area contributed by atoms with Crippen LogP contribution in [-0.2, 0) is 14.4 Å². The number of ether oxygens (including phenoxy) is 1. The molecule has 0 spiro atoms. The summed E-state index contributed by atoms with van der Waals surface area (Å²) in [5, 5.41) is 22.3. The van der Waals surface area contributed by atoms with Gasteiger partial charge >= 0.3 is 12.3 Å². The summed E-state index contributed by atoms with van der Waals surface area (Å²) in [6.45, 7) is 0.989. The minimum absolute atomic E-state index is 0.103. The first kappa shape index (κ1) is 22.0. The van der Waals surface area contributed by atoms with E-state index in [0.29, 0.717) is 12.8 Å². The van der Waals surface area contributed by atoms with Gasteiger partial charge in [0, 0.05) is 12.6 Å². The average molecular weight is 430 g/mol. The molecule has 0 radical (unpaired) electrons. The quantitative estimate of drug-likeness (QED) is 0.561. The second-order valence-electron chi connectivity index (χ2n) is 7.36. The third kappa shape index (κ3) is 3.63. The second kappa shape index (κ2) is 7.88. The number of carbonyl (C=O) groups is 3. The van der Waals surface area contributed by atoms with Gasteiger partial charge in [-0.05, 0) is 24.1 Å². The summed E-state index contributed by atoms with van der Waals surface area (Å²) in [7, 11) is 0. The van der Waals surface area contributed by atoms with E-state index in [4.69, 9.17) is 0 Å². The topological polar surface area (TPSA) is 116 Å². The number of rotatable bonds is 7. The molecule has 3 N–H and O–H groups in total. The Labute approximate surface area is 169 Å². The highest BCUT2D eigenvalue weighted by molar-refractivity contribution is 6.09. The Balaban J connectivity index is 2.04. The first-order chi connectivity index (χ1) is 14.1. The Kier molecular flexibility index (Phi) is 5.79. The van der Waals surface area contributed by atoms with Crippen molar-refractivity contribution < 1.29 is 42.5 Å². The number of aliphatic hydroxyl groups excluding tert-OH is 1. The maximum Gasteiger partial charge on any atom is 0.573 e. The number of carboxylic acids is 1. The van der Waals surface area contributed by atoms with Crippen LogP contribution in [0.15, 0.2) is 24.3 Å². The number of fused-ring (bicyclic) bond motifs is 1. The molecule has 3 rings (SSSR count). The van der Waals surface area contributed by atoms with Crippen molar-refractivity contribution >= 4 is 17.8 Å². The van der Waals surface area contributed by atoms with Crippen LogP contribution in [0, 0.1) is 11.8 Å². The molecule has 2 aliphatic rings. The molecule has 2 fully saturated rings. The number of aliphatic hydroxyl groups is 1. The molecular formula is C19H21F3N2O6. The zero-order chi connectivity index (χ0) is 22.3. The van der Waals surface area contributed by atoms with E-state index in [1.54, 1.807) is 0 Å². The number of likely N-dealkylation sites (tertiary alicyclic amines) is 1. The summed E-state index contributed by atoms with van der Waals surface area (Å²) < 4.78 is 41.6. The van der Waals surface area contributed by atoms with E-state index in [0.717, 1.165) is 17.0 Å². The average Bonchev–Trinajstić information content (AvgIpc) is 3.14. The lowest BCUT2D eigenvalue weighted by Gasteiger charge is -2.29. The second-order valence-corrected chi connectivity index (χ2v) is 7.36. The van der Waals surface area contributed by atoms with E-state index in [-0.39, 0.29) is 12.1 Å². The van der Waals surface area contributed by atoms with Crippen LogP contribution in [0.4, 0.5) is 13.2 Å². The fraction of sp³-hybridized carbons (Fsp3) is 0.526. The smallest absolute Gasteiger partial charge is 0.480 e. The maximum atomic E-state index is 13.0. The molecule has 2 heterocycles. The lowest BCUT2D eigenvalue weighted by molar-refractivity contribution is -0.274. The number of hydrogen-bond acceptors (Lipinski definition) is 6. The van der Waals surface area contributed by atoms with Crippen molar-refractivity contribution in [1.29, 1.82) is 0 Å². The molecule has 2 aliphatic heterocycles. The number of imide groups is 1. The number of nitrogens with one attached hydrogen (secondary N) is 1. The van der Waals surface area contributed by atoms with Crippen LogP contribution in [0.1, 0.15) is 31.4 Å². The maximum absolute atomic E-state index is 13.0. The van der Waals surface area contributed by atoms with Gasteiger partial charge in [-0.25, -0.2) is 0 Å². The fourth-order valence-corrected chi connectivity index (χ4v) is 4.20. The van der Waals surface area contributed by atoms with Gasteiger partial charge in [0.2, 0.25) is 11.8 Å². The first-order valence-corrected chi connectivity index (χ1v) is 9.38. The standard InChI is InChI=1S/C19H21F3N2O6/c1-2-3-7-24-15(26)12-13(16(24)27)18(9-25,17(28)29)23-14(12)10-5-4-6-11(8-10)30-19(20,21)22/h4-6,8,12-14,23,25H,2-3,7,9H2,1H3,(H,28,29). The molecule has 0 aromatic heterocycles. The molecule has 1 aromatic carbocycles. The lowest BCUT2D eigenvalue weighted by atomic mass is 9.79. The number of unbranched alkanes of at least 4 members (excludes halogenated alkanes) is 1. The number of carboxylic acid groups (broad SMARTS) is 1. The summed E-state index contributed by atoms with van der Waals surface area (Å²) in [4.78, 5) is 38.9. The highest BCUT2D eigenvalue weighted by atomic mass is 19.4. The number of carbonyl (C=O) groups excluding carboxylic acids is 2. The van der Waals surface area contributed by atoms with Crippen LogP contribution in [-0.4, -0.2) is 57.9 Å². The molecule has 8 nitrogen and oxygen atoms in total. The number of alkyl halides is 3. The Bertz CT molecular complexity index is 861. The van der Waals surface area contributed by atoms with Crippen LogP contribution in [0.25, 0.3) is 0 Å². The van der Waals surface area contributed by atoms with Gasteiger partial charge in [-0.2, -0.15) is 0 Å². The largest absolute Gasteiger partial charge is 0.573 e. The molecule has 0 bridgehead atoms. The zero-order valence-electron chi connectivity index (χ0n) is 16.0. The predicted molar refractivity (Wildman–Crippen MR) is 95.1 cm³/mol. The van der Waals surface area contributed by atoms with Crippen molar-refractivity contribution in [2.75, 3.05) is 13.2 Å². The summed E-state index contributed by atoms with van der Waals surface area (Å²) >= 11 is 0. The predicted octanol–water partition coefficient (Wildman–Crippen LogP) is 1.45. The van der Waals surface area contributed by atoms with Gasteiger partial charge in [0.25, 0.3) is 0 Å². The van der Waals surface area contributed by atoms with Gasteiger partial charge < -0.3 is 14.9 Å². The monoisotopic (exact) mass is 430 g/mol. The summed E-state index contributed by atoms with van der Waals surface area (Å²) in [6.07, 6.45) is -3.73. The first-order valence-electron chi connectivity index (χ1n) is 9.38. The molecule has 2 saturated heterocycles. The Morgan fingerprint density at radius 1 is 1.30 bits per heavy atom. The van der Waals surface area contributed by atoms with E-state index in [1.807, 2.05) is 6.92 Å². The van der Waals surface area contributed by atoms with E-state index >= 15 is 0 Å². The Hall–Kier alpha value is -2.66. The van der Waals surface area contributed by atoms with Crippen molar-refractivity contribution in [2.45, 2.75) is 37.7 Å². The van der Waals surface area contributed by atoms with Crippen LogP contribution < -0.4 is 10.1 Å². The van der Waals surface area contributed by atoms with E-state index in [1.165, 1.54) is 12.1 Å².